The van der Waals surface area contributed by atoms with Gasteiger partial charge in [-0.1, -0.05) is 31.5 Å². The molecular weight excluding hydrogens is 240 g/mol. The molecule has 3 nitrogen and oxygen atoms in total. The first kappa shape index (κ1) is 13.8. The Bertz CT molecular complexity index is 413. The molecule has 0 aliphatic heterocycles. The van der Waals surface area contributed by atoms with E-state index in [-0.39, 0.29) is 12.2 Å². The van der Waals surface area contributed by atoms with Gasteiger partial charge in [-0.15, -0.1) is 0 Å². The van der Waals surface area contributed by atoms with Crippen LogP contribution in [-0.2, 0) is 11.2 Å². The molecular formula is C13H17ClO3. The normalized spacial score (nSPS) is 10.8. The number of aryl methyl sites for hydroxylation is 1. The molecule has 1 aromatic rings. The van der Waals surface area contributed by atoms with Crippen molar-refractivity contribution >= 4 is 17.6 Å². The van der Waals surface area contributed by atoms with Crippen molar-refractivity contribution in [1.82, 2.24) is 0 Å². The highest BCUT2D eigenvalue weighted by Crippen LogP contribution is 2.32. The molecule has 2 N–H and O–H groups in total. The van der Waals surface area contributed by atoms with Crippen LogP contribution in [0.4, 0.5) is 0 Å². The molecule has 0 aromatic heterocycles. The van der Waals surface area contributed by atoms with Gasteiger partial charge >= 0.3 is 5.97 Å². The molecule has 1 aromatic carbocycles. The van der Waals surface area contributed by atoms with Crippen LogP contribution >= 0.6 is 11.6 Å². The molecule has 1 rings (SSSR count). The lowest BCUT2D eigenvalue weighted by Crippen LogP contribution is -1.97. The third-order valence-electron chi connectivity index (χ3n) is 2.67. The quantitative estimate of drug-likeness (QED) is 0.847. The van der Waals surface area contributed by atoms with Gasteiger partial charge in [-0.05, 0) is 36.0 Å². The monoisotopic (exact) mass is 256 g/mol. The number of aromatic hydroxyl groups is 1. The smallest absolute Gasteiger partial charge is 0.303 e. The molecule has 0 amide bonds. The number of phenols is 1. The second-order valence-electron chi connectivity index (χ2n) is 4.41. The summed E-state index contributed by atoms with van der Waals surface area (Å²) >= 11 is 5.94. The summed E-state index contributed by atoms with van der Waals surface area (Å²) in [5.41, 5.74) is 1.78. The Labute approximate surface area is 106 Å². The lowest BCUT2D eigenvalue weighted by atomic mass is 9.98. The average Bonchev–Trinajstić information content (AvgIpc) is 2.23. The number of phenolic OH excluding ortho intramolecular Hbond substituents is 1. The second kappa shape index (κ2) is 5.92. The third-order valence-corrected chi connectivity index (χ3v) is 2.96. The first-order valence-corrected chi connectivity index (χ1v) is 6.02. The van der Waals surface area contributed by atoms with Crippen LogP contribution < -0.4 is 0 Å². The van der Waals surface area contributed by atoms with Gasteiger partial charge in [0.25, 0.3) is 0 Å². The third kappa shape index (κ3) is 3.93. The summed E-state index contributed by atoms with van der Waals surface area (Å²) in [4.78, 5) is 10.4. The first-order valence-electron chi connectivity index (χ1n) is 5.65. The van der Waals surface area contributed by atoms with Crippen molar-refractivity contribution in [2.45, 2.75) is 39.0 Å². The van der Waals surface area contributed by atoms with Gasteiger partial charge in [-0.25, -0.2) is 0 Å². The highest BCUT2D eigenvalue weighted by Gasteiger charge is 2.11. The van der Waals surface area contributed by atoms with Gasteiger partial charge in [0, 0.05) is 6.42 Å². The number of hydrogen-bond donors (Lipinski definition) is 2. The largest absolute Gasteiger partial charge is 0.506 e. The van der Waals surface area contributed by atoms with E-state index in [2.05, 4.69) is 0 Å². The molecule has 0 fully saturated rings. The molecule has 0 aliphatic rings. The van der Waals surface area contributed by atoms with Crippen molar-refractivity contribution in [3.05, 3.63) is 28.3 Å². The van der Waals surface area contributed by atoms with E-state index < -0.39 is 5.97 Å². The Kier molecular flexibility index (Phi) is 4.82. The Balaban J connectivity index is 2.86. The number of carboxylic acids is 1. The van der Waals surface area contributed by atoms with Crippen molar-refractivity contribution in [1.29, 1.82) is 0 Å². The van der Waals surface area contributed by atoms with Crippen LogP contribution in [0.25, 0.3) is 0 Å². The van der Waals surface area contributed by atoms with Gasteiger partial charge in [-0.3, -0.25) is 4.79 Å². The molecule has 0 heterocycles. The van der Waals surface area contributed by atoms with Crippen LogP contribution in [0.2, 0.25) is 5.02 Å². The fourth-order valence-electron chi connectivity index (χ4n) is 1.63. The standard InChI is InChI=1S/C13H17ClO3/c1-8(2)10-6-9(4-3-5-12(15)16)13(17)11(14)7-10/h6-8,17H,3-5H2,1-2H3,(H,15,16). The predicted molar refractivity (Wildman–Crippen MR) is 67.8 cm³/mol. The summed E-state index contributed by atoms with van der Waals surface area (Å²) < 4.78 is 0. The van der Waals surface area contributed by atoms with E-state index in [0.29, 0.717) is 23.8 Å². The van der Waals surface area contributed by atoms with Gasteiger partial charge in [-0.2, -0.15) is 0 Å². The first-order chi connectivity index (χ1) is 7.91. The fraction of sp³-hybridized carbons (Fsp3) is 0.462. The number of aliphatic carboxylic acids is 1. The summed E-state index contributed by atoms with van der Waals surface area (Å²) in [6.07, 6.45) is 1.13. The summed E-state index contributed by atoms with van der Waals surface area (Å²) in [5, 5.41) is 18.7. The van der Waals surface area contributed by atoms with Crippen molar-refractivity contribution < 1.29 is 15.0 Å². The summed E-state index contributed by atoms with van der Waals surface area (Å²) in [6.45, 7) is 4.09. The number of benzene rings is 1. The average molecular weight is 257 g/mol. The van der Waals surface area contributed by atoms with E-state index in [1.165, 1.54) is 0 Å². The SMILES string of the molecule is CC(C)c1cc(Cl)c(O)c(CCCC(=O)O)c1. The maximum Gasteiger partial charge on any atom is 0.303 e. The molecule has 0 radical (unpaired) electrons. The van der Waals surface area contributed by atoms with Crippen LogP contribution in [0.1, 0.15) is 43.7 Å². The number of halogens is 1. The van der Waals surface area contributed by atoms with Crippen molar-refractivity contribution in [3.63, 3.8) is 0 Å². The molecule has 0 atom stereocenters. The molecule has 0 spiro atoms. The van der Waals surface area contributed by atoms with Crippen LogP contribution in [-0.4, -0.2) is 16.2 Å². The molecule has 0 unspecified atom stereocenters. The van der Waals surface area contributed by atoms with Crippen molar-refractivity contribution in [3.8, 4) is 5.75 Å². The zero-order valence-corrected chi connectivity index (χ0v) is 10.8. The molecule has 94 valence electrons. The lowest BCUT2D eigenvalue weighted by molar-refractivity contribution is -0.137. The predicted octanol–water partition coefficient (Wildman–Crippen LogP) is 3.58. The number of carbonyl (C=O) groups is 1. The zero-order chi connectivity index (χ0) is 13.0. The molecule has 17 heavy (non-hydrogen) atoms. The van der Waals surface area contributed by atoms with E-state index in [0.717, 1.165) is 11.1 Å². The Morgan fingerprint density at radius 2 is 2.06 bits per heavy atom. The van der Waals surface area contributed by atoms with E-state index >= 15 is 0 Å². The second-order valence-corrected chi connectivity index (χ2v) is 4.82. The Morgan fingerprint density at radius 1 is 1.41 bits per heavy atom. The van der Waals surface area contributed by atoms with Crippen LogP contribution in [0.3, 0.4) is 0 Å². The highest BCUT2D eigenvalue weighted by molar-refractivity contribution is 6.32. The molecule has 0 saturated carbocycles. The molecule has 0 aliphatic carbocycles. The van der Waals surface area contributed by atoms with Gasteiger partial charge in [0.2, 0.25) is 0 Å². The lowest BCUT2D eigenvalue weighted by Gasteiger charge is -2.11. The minimum absolute atomic E-state index is 0.0708. The minimum atomic E-state index is -0.824. The number of carboxylic acid groups (broad SMARTS) is 1. The maximum atomic E-state index is 10.4. The van der Waals surface area contributed by atoms with Crippen LogP contribution in [0.5, 0.6) is 5.75 Å². The molecule has 0 saturated heterocycles. The van der Waals surface area contributed by atoms with E-state index in [1.54, 1.807) is 6.07 Å². The maximum absolute atomic E-state index is 10.4. The molecule has 4 heteroatoms. The number of hydrogen-bond acceptors (Lipinski definition) is 2. The van der Waals surface area contributed by atoms with E-state index in [9.17, 15) is 9.90 Å². The van der Waals surface area contributed by atoms with Crippen LogP contribution in [0, 0.1) is 0 Å². The number of rotatable bonds is 5. The zero-order valence-electron chi connectivity index (χ0n) is 10.0. The topological polar surface area (TPSA) is 57.5 Å². The van der Waals surface area contributed by atoms with Crippen LogP contribution in [0.15, 0.2) is 12.1 Å². The van der Waals surface area contributed by atoms with Gasteiger partial charge < -0.3 is 10.2 Å². The van der Waals surface area contributed by atoms with E-state index in [4.69, 9.17) is 16.7 Å². The van der Waals surface area contributed by atoms with Gasteiger partial charge in [0.15, 0.2) is 0 Å². The minimum Gasteiger partial charge on any atom is -0.506 e. The fourth-order valence-corrected chi connectivity index (χ4v) is 1.88. The van der Waals surface area contributed by atoms with E-state index in [1.807, 2.05) is 19.9 Å². The molecule has 0 bridgehead atoms. The summed E-state index contributed by atoms with van der Waals surface area (Å²) in [5.74, 6) is -0.427. The Morgan fingerprint density at radius 3 is 2.59 bits per heavy atom. The van der Waals surface area contributed by atoms with Gasteiger partial charge in [0.1, 0.15) is 5.75 Å². The summed E-state index contributed by atoms with van der Waals surface area (Å²) in [6, 6.07) is 3.65. The van der Waals surface area contributed by atoms with Crippen molar-refractivity contribution in [2.24, 2.45) is 0 Å². The highest BCUT2D eigenvalue weighted by atomic mass is 35.5. The van der Waals surface area contributed by atoms with Gasteiger partial charge in [0.05, 0.1) is 5.02 Å². The van der Waals surface area contributed by atoms with Crippen molar-refractivity contribution in [2.75, 3.05) is 0 Å². The Hall–Kier alpha value is -1.22. The summed E-state index contributed by atoms with van der Waals surface area (Å²) in [7, 11) is 0.